The second kappa shape index (κ2) is 10.7. The lowest BCUT2D eigenvalue weighted by Gasteiger charge is -2.27. The molecule has 0 aliphatic rings. The van der Waals surface area contributed by atoms with Gasteiger partial charge in [0.25, 0.3) is 0 Å². The van der Waals surface area contributed by atoms with Gasteiger partial charge in [0.15, 0.2) is 0 Å². The van der Waals surface area contributed by atoms with Crippen molar-refractivity contribution in [2.24, 2.45) is 0 Å². The molecule has 0 radical (unpaired) electrons. The lowest BCUT2D eigenvalue weighted by molar-refractivity contribution is 0.629. The van der Waals surface area contributed by atoms with Crippen molar-refractivity contribution in [1.29, 1.82) is 0 Å². The maximum atomic E-state index is 3.88. The molecule has 160 valence electrons. The van der Waals surface area contributed by atoms with Crippen LogP contribution in [0.2, 0.25) is 0 Å². The summed E-state index contributed by atoms with van der Waals surface area (Å²) in [5, 5.41) is 7.71. The van der Waals surface area contributed by atoms with Crippen molar-refractivity contribution in [3.8, 4) is 0 Å². The van der Waals surface area contributed by atoms with Crippen molar-refractivity contribution >= 4 is 11.4 Å². The van der Waals surface area contributed by atoms with Gasteiger partial charge in [-0.1, -0.05) is 77.9 Å². The Morgan fingerprint density at radius 3 is 1.45 bits per heavy atom. The highest BCUT2D eigenvalue weighted by atomic mass is 15.0. The molecule has 2 N–H and O–H groups in total. The molecule has 2 nitrogen and oxygen atoms in total. The van der Waals surface area contributed by atoms with Crippen LogP contribution in [-0.4, -0.2) is 12.1 Å². The molecule has 2 aromatic carbocycles. The summed E-state index contributed by atoms with van der Waals surface area (Å²) in [5.41, 5.74) is 8.39. The largest absolute Gasteiger partial charge is 0.382 e. The number of aryl methyl sites for hydroxylation is 2. The molecule has 0 saturated heterocycles. The molecule has 2 atom stereocenters. The molecular weight excluding hydrogens is 352 g/mol. The fourth-order valence-electron chi connectivity index (χ4n) is 4.29. The van der Waals surface area contributed by atoms with Crippen molar-refractivity contribution in [2.75, 3.05) is 10.6 Å². The first-order valence-corrected chi connectivity index (χ1v) is 11.5. The predicted molar refractivity (Wildman–Crippen MR) is 131 cm³/mol. The summed E-state index contributed by atoms with van der Waals surface area (Å²) in [5.74, 6) is 1.03. The molecule has 2 rings (SSSR count). The molecule has 0 saturated carbocycles. The quantitative estimate of drug-likeness (QED) is 0.430. The zero-order valence-electron chi connectivity index (χ0n) is 19.9. The normalized spacial score (nSPS) is 13.6. The van der Waals surface area contributed by atoms with Gasteiger partial charge in [0.2, 0.25) is 0 Å². The van der Waals surface area contributed by atoms with Gasteiger partial charge in [-0.05, 0) is 67.2 Å². The SMILES string of the molecule is CCc1cccc(CC)c1NC(C)CC(C)Nc1c(C(C)C)cccc1C(C)C. The molecule has 29 heavy (non-hydrogen) atoms. The topological polar surface area (TPSA) is 24.1 Å². The maximum Gasteiger partial charge on any atom is 0.0412 e. The van der Waals surface area contributed by atoms with Gasteiger partial charge in [0, 0.05) is 23.5 Å². The van der Waals surface area contributed by atoms with Gasteiger partial charge in [-0.2, -0.15) is 0 Å². The van der Waals surface area contributed by atoms with Crippen molar-refractivity contribution in [2.45, 2.75) is 98.6 Å². The van der Waals surface area contributed by atoms with Crippen LogP contribution in [0.25, 0.3) is 0 Å². The second-order valence-electron chi connectivity index (χ2n) is 9.11. The van der Waals surface area contributed by atoms with Crippen LogP contribution in [0.15, 0.2) is 36.4 Å². The summed E-state index contributed by atoms with van der Waals surface area (Å²) in [7, 11) is 0. The summed E-state index contributed by atoms with van der Waals surface area (Å²) in [4.78, 5) is 0. The molecule has 2 heteroatoms. The first kappa shape index (κ1) is 23.3. The van der Waals surface area contributed by atoms with Gasteiger partial charge in [-0.25, -0.2) is 0 Å². The van der Waals surface area contributed by atoms with Gasteiger partial charge in [-0.3, -0.25) is 0 Å². The number of benzene rings is 2. The van der Waals surface area contributed by atoms with E-state index >= 15 is 0 Å². The summed E-state index contributed by atoms with van der Waals surface area (Å²) < 4.78 is 0. The average molecular weight is 395 g/mol. The van der Waals surface area contributed by atoms with E-state index < -0.39 is 0 Å². The Morgan fingerprint density at radius 1 is 0.621 bits per heavy atom. The van der Waals surface area contributed by atoms with Crippen molar-refractivity contribution < 1.29 is 0 Å². The molecule has 0 bridgehead atoms. The van der Waals surface area contributed by atoms with Gasteiger partial charge < -0.3 is 10.6 Å². The van der Waals surface area contributed by atoms with Crippen LogP contribution in [0.5, 0.6) is 0 Å². The maximum absolute atomic E-state index is 3.88. The molecule has 0 amide bonds. The highest BCUT2D eigenvalue weighted by molar-refractivity contribution is 5.61. The molecule has 0 aromatic heterocycles. The first-order valence-electron chi connectivity index (χ1n) is 11.5. The Kier molecular flexibility index (Phi) is 8.61. The van der Waals surface area contributed by atoms with Crippen LogP contribution in [0, 0.1) is 0 Å². The Morgan fingerprint density at radius 2 is 1.03 bits per heavy atom. The van der Waals surface area contributed by atoms with E-state index in [0.717, 1.165) is 19.3 Å². The Bertz CT molecular complexity index is 728. The average Bonchev–Trinajstić information content (AvgIpc) is 2.67. The van der Waals surface area contributed by atoms with Gasteiger partial charge in [0.1, 0.15) is 0 Å². The highest BCUT2D eigenvalue weighted by Crippen LogP contribution is 2.33. The lowest BCUT2D eigenvalue weighted by Crippen LogP contribution is -2.27. The van der Waals surface area contributed by atoms with E-state index in [9.17, 15) is 0 Å². The highest BCUT2D eigenvalue weighted by Gasteiger charge is 2.17. The van der Waals surface area contributed by atoms with E-state index in [4.69, 9.17) is 0 Å². The van der Waals surface area contributed by atoms with Crippen LogP contribution in [0.3, 0.4) is 0 Å². The van der Waals surface area contributed by atoms with Crippen LogP contribution >= 0.6 is 0 Å². The van der Waals surface area contributed by atoms with E-state index in [1.807, 2.05) is 0 Å². The zero-order chi connectivity index (χ0) is 21.6. The third kappa shape index (κ3) is 6.01. The van der Waals surface area contributed by atoms with E-state index in [1.54, 1.807) is 0 Å². The number of hydrogen-bond acceptors (Lipinski definition) is 2. The minimum atomic E-state index is 0.397. The molecule has 0 heterocycles. The first-order chi connectivity index (χ1) is 13.8. The molecular formula is C27H42N2. The predicted octanol–water partition coefficient (Wildman–Crippen LogP) is 7.75. The Labute approximate surface area is 179 Å². The number of anilines is 2. The van der Waals surface area contributed by atoms with E-state index in [-0.39, 0.29) is 0 Å². The number of hydrogen-bond donors (Lipinski definition) is 2. The van der Waals surface area contributed by atoms with Crippen LogP contribution in [0.1, 0.15) is 95.9 Å². The standard InChI is InChI=1S/C27H42N2/c1-9-22-13-11-14-23(10-2)26(22)28-20(7)17-21(8)29-27-24(18(3)4)15-12-16-25(27)19(5)6/h11-16,18-21,28-29H,9-10,17H2,1-8H3. The van der Waals surface area contributed by atoms with Crippen molar-refractivity contribution in [3.05, 3.63) is 58.7 Å². The van der Waals surface area contributed by atoms with E-state index in [1.165, 1.54) is 33.6 Å². The van der Waals surface area contributed by atoms with Crippen LogP contribution in [0.4, 0.5) is 11.4 Å². The van der Waals surface area contributed by atoms with Crippen LogP contribution in [-0.2, 0) is 12.8 Å². The van der Waals surface area contributed by atoms with Crippen molar-refractivity contribution in [1.82, 2.24) is 0 Å². The van der Waals surface area contributed by atoms with Gasteiger partial charge in [0.05, 0.1) is 0 Å². The molecule has 0 fully saturated rings. The number of nitrogens with one attached hydrogen (secondary N) is 2. The number of rotatable bonds is 10. The summed E-state index contributed by atoms with van der Waals surface area (Å²) in [6.07, 6.45) is 3.21. The summed E-state index contributed by atoms with van der Waals surface area (Å²) in [6.45, 7) is 18.2. The minimum absolute atomic E-state index is 0.397. The molecule has 2 aromatic rings. The number of para-hydroxylation sites is 2. The fraction of sp³-hybridized carbons (Fsp3) is 0.556. The Hall–Kier alpha value is -1.96. The third-order valence-electron chi connectivity index (χ3n) is 5.86. The summed E-state index contributed by atoms with van der Waals surface area (Å²) >= 11 is 0. The van der Waals surface area contributed by atoms with Gasteiger partial charge in [-0.15, -0.1) is 0 Å². The monoisotopic (exact) mass is 394 g/mol. The fourth-order valence-corrected chi connectivity index (χ4v) is 4.29. The zero-order valence-corrected chi connectivity index (χ0v) is 19.9. The molecule has 0 aliphatic carbocycles. The summed E-state index contributed by atoms with van der Waals surface area (Å²) in [6, 6.07) is 14.3. The smallest absolute Gasteiger partial charge is 0.0412 e. The van der Waals surface area contributed by atoms with Gasteiger partial charge >= 0.3 is 0 Å². The molecule has 0 aliphatic heterocycles. The van der Waals surface area contributed by atoms with Crippen LogP contribution < -0.4 is 10.6 Å². The van der Waals surface area contributed by atoms with E-state index in [2.05, 4.69) is 102 Å². The molecule has 0 spiro atoms. The Balaban J connectivity index is 2.15. The van der Waals surface area contributed by atoms with E-state index in [0.29, 0.717) is 23.9 Å². The minimum Gasteiger partial charge on any atom is -0.382 e. The molecule has 2 unspecified atom stereocenters. The third-order valence-corrected chi connectivity index (χ3v) is 5.86. The lowest BCUT2D eigenvalue weighted by atomic mass is 9.92. The van der Waals surface area contributed by atoms with Crippen molar-refractivity contribution in [3.63, 3.8) is 0 Å². The second-order valence-corrected chi connectivity index (χ2v) is 9.11.